The molecular weight excluding hydrogens is 290 g/mol. The van der Waals surface area contributed by atoms with Gasteiger partial charge in [-0.25, -0.2) is 4.79 Å². The number of nitrogens with zero attached hydrogens (tertiary/aromatic N) is 2. The van der Waals surface area contributed by atoms with E-state index in [0.29, 0.717) is 18.8 Å². The van der Waals surface area contributed by atoms with Gasteiger partial charge in [-0.15, -0.1) is 5.01 Å². The first kappa shape index (κ1) is 15.7. The van der Waals surface area contributed by atoms with E-state index in [1.54, 1.807) is 6.21 Å². The molecule has 1 aromatic carbocycles. The third-order valence-electron chi connectivity index (χ3n) is 5.01. The number of hydrazone groups is 1. The summed E-state index contributed by atoms with van der Waals surface area (Å²) in [4.78, 5) is 24.9. The minimum atomic E-state index is -0.733. The fourth-order valence-corrected chi connectivity index (χ4v) is 3.40. The van der Waals surface area contributed by atoms with Gasteiger partial charge >= 0.3 is 6.03 Å². The van der Waals surface area contributed by atoms with Gasteiger partial charge in [-0.1, -0.05) is 30.7 Å². The summed E-state index contributed by atoms with van der Waals surface area (Å²) in [5, 5.41) is 8.03. The van der Waals surface area contributed by atoms with E-state index in [0.717, 1.165) is 29.0 Å². The Hall–Kier alpha value is -2.17. The highest BCUT2D eigenvalue weighted by molar-refractivity contribution is 6.07. The molecule has 5 heteroatoms. The predicted molar refractivity (Wildman–Crippen MR) is 89.3 cm³/mol. The molecule has 0 radical (unpaired) electrons. The van der Waals surface area contributed by atoms with Gasteiger partial charge in [0.25, 0.3) is 5.91 Å². The second-order valence-corrected chi connectivity index (χ2v) is 6.92. The van der Waals surface area contributed by atoms with Crippen molar-refractivity contribution in [3.8, 4) is 0 Å². The Kier molecular flexibility index (Phi) is 3.96. The minimum Gasteiger partial charge on any atom is -0.321 e. The molecule has 1 aliphatic heterocycles. The van der Waals surface area contributed by atoms with Crippen molar-refractivity contribution in [3.05, 3.63) is 34.9 Å². The molecule has 0 atom stereocenters. The number of nitrogens with one attached hydrogen (secondary N) is 1. The highest BCUT2D eigenvalue weighted by Crippen LogP contribution is 2.36. The Labute approximate surface area is 136 Å². The third-order valence-corrected chi connectivity index (χ3v) is 5.01. The Balaban J connectivity index is 1.79. The molecule has 0 bridgehead atoms. The van der Waals surface area contributed by atoms with E-state index in [2.05, 4.69) is 23.4 Å². The van der Waals surface area contributed by atoms with Crippen molar-refractivity contribution in [3.63, 3.8) is 0 Å². The standard InChI is InChI=1S/C18H23N3O2/c1-12-6-8-18(9-7-12)16(22)21(17(23)20-18)19-11-15-5-4-13(2)10-14(15)3/h4-5,10-12H,6-9H2,1-3H3,(H,20,23). The maximum absolute atomic E-state index is 12.7. The fraction of sp³-hybridized carbons (Fsp3) is 0.500. The lowest BCUT2D eigenvalue weighted by Gasteiger charge is -2.33. The fourth-order valence-electron chi connectivity index (χ4n) is 3.40. The summed E-state index contributed by atoms with van der Waals surface area (Å²) in [7, 11) is 0. The zero-order chi connectivity index (χ0) is 16.6. The van der Waals surface area contributed by atoms with Crippen LogP contribution in [-0.4, -0.2) is 28.7 Å². The molecule has 3 amide bonds. The topological polar surface area (TPSA) is 61.8 Å². The summed E-state index contributed by atoms with van der Waals surface area (Å²) in [6.07, 6.45) is 4.92. The number of hydrogen-bond donors (Lipinski definition) is 1. The lowest BCUT2D eigenvalue weighted by molar-refractivity contribution is -0.132. The molecule has 1 N–H and O–H groups in total. The average Bonchev–Trinajstić information content (AvgIpc) is 2.73. The number of urea groups is 1. The van der Waals surface area contributed by atoms with Crippen LogP contribution in [0.5, 0.6) is 0 Å². The van der Waals surface area contributed by atoms with Crippen LogP contribution >= 0.6 is 0 Å². The molecule has 1 saturated heterocycles. The van der Waals surface area contributed by atoms with Crippen LogP contribution in [0.4, 0.5) is 4.79 Å². The Morgan fingerprint density at radius 2 is 1.96 bits per heavy atom. The van der Waals surface area contributed by atoms with Crippen molar-refractivity contribution in [1.82, 2.24) is 10.3 Å². The van der Waals surface area contributed by atoms with Crippen LogP contribution in [-0.2, 0) is 4.79 Å². The Bertz CT molecular complexity index is 673. The molecule has 23 heavy (non-hydrogen) atoms. The van der Waals surface area contributed by atoms with E-state index >= 15 is 0 Å². The summed E-state index contributed by atoms with van der Waals surface area (Å²) < 4.78 is 0. The van der Waals surface area contributed by atoms with Crippen molar-refractivity contribution >= 4 is 18.2 Å². The van der Waals surface area contributed by atoms with E-state index in [1.165, 1.54) is 5.56 Å². The maximum atomic E-state index is 12.7. The second-order valence-electron chi connectivity index (χ2n) is 6.92. The number of imide groups is 1. The summed E-state index contributed by atoms with van der Waals surface area (Å²) in [5.41, 5.74) is 2.42. The molecular formula is C18H23N3O2. The number of carbonyl (C=O) groups is 2. The lowest BCUT2D eigenvalue weighted by Crippen LogP contribution is -2.49. The van der Waals surface area contributed by atoms with Crippen molar-refractivity contribution in [2.45, 2.75) is 52.0 Å². The van der Waals surface area contributed by atoms with Gasteiger partial charge in [-0.05, 0) is 56.6 Å². The SMILES string of the molecule is Cc1ccc(C=NN2C(=O)NC3(CCC(C)CC3)C2=O)c(C)c1. The summed E-state index contributed by atoms with van der Waals surface area (Å²) in [6.45, 7) is 6.20. The number of benzene rings is 1. The third kappa shape index (κ3) is 2.87. The van der Waals surface area contributed by atoms with Crippen LogP contribution in [0.2, 0.25) is 0 Å². The van der Waals surface area contributed by atoms with Crippen LogP contribution in [0.15, 0.2) is 23.3 Å². The number of carbonyl (C=O) groups excluding carboxylic acids is 2. The predicted octanol–water partition coefficient (Wildman–Crippen LogP) is 3.14. The quantitative estimate of drug-likeness (QED) is 0.673. The first-order valence-electron chi connectivity index (χ1n) is 8.19. The van der Waals surface area contributed by atoms with Crippen molar-refractivity contribution in [2.75, 3.05) is 0 Å². The van der Waals surface area contributed by atoms with Gasteiger partial charge in [0.1, 0.15) is 5.54 Å². The number of hydrogen-bond acceptors (Lipinski definition) is 3. The largest absolute Gasteiger partial charge is 0.346 e. The molecule has 0 aromatic heterocycles. The first-order chi connectivity index (χ1) is 10.9. The van der Waals surface area contributed by atoms with E-state index in [4.69, 9.17) is 0 Å². The van der Waals surface area contributed by atoms with Gasteiger partial charge < -0.3 is 5.32 Å². The lowest BCUT2D eigenvalue weighted by atomic mass is 9.77. The van der Waals surface area contributed by atoms with E-state index in [1.807, 2.05) is 26.0 Å². The summed E-state index contributed by atoms with van der Waals surface area (Å²) in [6, 6.07) is 5.58. The van der Waals surface area contributed by atoms with Gasteiger partial charge in [0, 0.05) is 0 Å². The average molecular weight is 313 g/mol. The van der Waals surface area contributed by atoms with Crippen LogP contribution in [0, 0.1) is 19.8 Å². The van der Waals surface area contributed by atoms with E-state index < -0.39 is 11.6 Å². The first-order valence-corrected chi connectivity index (χ1v) is 8.19. The van der Waals surface area contributed by atoms with Gasteiger partial charge in [-0.3, -0.25) is 4.79 Å². The molecule has 2 aliphatic rings. The van der Waals surface area contributed by atoms with Crippen LogP contribution in [0.1, 0.15) is 49.3 Å². The summed E-state index contributed by atoms with van der Waals surface area (Å²) in [5.74, 6) is 0.397. The van der Waals surface area contributed by atoms with Gasteiger partial charge in [0.05, 0.1) is 6.21 Å². The van der Waals surface area contributed by atoms with Crippen molar-refractivity contribution in [1.29, 1.82) is 0 Å². The Morgan fingerprint density at radius 1 is 1.26 bits per heavy atom. The molecule has 1 spiro atoms. The minimum absolute atomic E-state index is 0.213. The molecule has 122 valence electrons. The summed E-state index contributed by atoms with van der Waals surface area (Å²) >= 11 is 0. The van der Waals surface area contributed by atoms with Crippen molar-refractivity contribution < 1.29 is 9.59 Å². The highest BCUT2D eigenvalue weighted by Gasteiger charge is 2.52. The molecule has 1 heterocycles. The zero-order valence-electron chi connectivity index (χ0n) is 13.9. The molecule has 0 unspecified atom stereocenters. The Morgan fingerprint density at radius 3 is 2.61 bits per heavy atom. The van der Waals surface area contributed by atoms with Crippen LogP contribution < -0.4 is 5.32 Å². The maximum Gasteiger partial charge on any atom is 0.346 e. The smallest absolute Gasteiger partial charge is 0.321 e. The molecule has 3 rings (SSSR count). The molecule has 2 fully saturated rings. The van der Waals surface area contributed by atoms with Gasteiger partial charge in [0.2, 0.25) is 0 Å². The number of rotatable bonds is 2. The monoisotopic (exact) mass is 313 g/mol. The molecule has 1 aromatic rings. The number of aryl methyl sites for hydroxylation is 2. The normalized spacial score (nSPS) is 28.0. The van der Waals surface area contributed by atoms with E-state index in [9.17, 15) is 9.59 Å². The van der Waals surface area contributed by atoms with Crippen LogP contribution in [0.3, 0.4) is 0 Å². The number of amides is 3. The second kappa shape index (κ2) is 5.80. The van der Waals surface area contributed by atoms with E-state index in [-0.39, 0.29) is 5.91 Å². The molecule has 1 saturated carbocycles. The van der Waals surface area contributed by atoms with Crippen LogP contribution in [0.25, 0.3) is 0 Å². The van der Waals surface area contributed by atoms with Gasteiger partial charge in [-0.2, -0.15) is 5.10 Å². The molecule has 5 nitrogen and oxygen atoms in total. The molecule has 1 aliphatic carbocycles. The zero-order valence-corrected chi connectivity index (χ0v) is 13.9. The van der Waals surface area contributed by atoms with Gasteiger partial charge in [0.15, 0.2) is 0 Å². The van der Waals surface area contributed by atoms with Crippen molar-refractivity contribution in [2.24, 2.45) is 11.0 Å². The highest BCUT2D eigenvalue weighted by atomic mass is 16.2.